The number of nitrogens with zero attached hydrogens (tertiary/aromatic N) is 3. The third-order valence-electron chi connectivity index (χ3n) is 2.18. The summed E-state index contributed by atoms with van der Waals surface area (Å²) in [5.41, 5.74) is 2.36. The number of hydrogen-bond donors (Lipinski definition) is 0. The summed E-state index contributed by atoms with van der Waals surface area (Å²) < 4.78 is 11.9. The number of aromatic nitrogens is 3. The molecule has 0 aliphatic heterocycles. The van der Waals surface area contributed by atoms with Crippen LogP contribution in [-0.2, 0) is 16.2 Å². The molecule has 0 N–H and O–H groups in total. The summed E-state index contributed by atoms with van der Waals surface area (Å²) >= 11 is 0. The molecule has 0 bridgehead atoms. The number of benzene rings is 1. The van der Waals surface area contributed by atoms with Crippen molar-refractivity contribution in [3.63, 3.8) is 0 Å². The lowest BCUT2D eigenvalue weighted by molar-refractivity contribution is 0.0300. The van der Waals surface area contributed by atoms with Crippen molar-refractivity contribution >= 4 is 24.3 Å². The van der Waals surface area contributed by atoms with Gasteiger partial charge in [0.15, 0.2) is 0 Å². The van der Waals surface area contributed by atoms with Crippen molar-refractivity contribution in [3.05, 3.63) is 18.2 Å². The van der Waals surface area contributed by atoms with Gasteiger partial charge >= 0.3 is 0 Å². The highest BCUT2D eigenvalue weighted by molar-refractivity contribution is 6.33. The zero-order valence-electron chi connectivity index (χ0n) is 9.09. The number of hydrogen-bond acceptors (Lipinski definition) is 4. The molecule has 1 heterocycles. The molecule has 0 atom stereocenters. The fourth-order valence-corrected chi connectivity index (χ4v) is 1.38. The van der Waals surface area contributed by atoms with Crippen molar-refractivity contribution in [2.75, 3.05) is 20.3 Å². The van der Waals surface area contributed by atoms with Gasteiger partial charge in [0, 0.05) is 7.11 Å². The highest BCUT2D eigenvalue weighted by Crippen LogP contribution is 2.08. The van der Waals surface area contributed by atoms with Gasteiger partial charge in [-0.25, -0.2) is 4.68 Å². The van der Waals surface area contributed by atoms with E-state index in [1.807, 2.05) is 12.1 Å². The summed E-state index contributed by atoms with van der Waals surface area (Å²) in [6, 6.07) is 5.48. The Hall–Kier alpha value is -1.40. The fraction of sp³-hybridized carbons (Fsp3) is 0.400. The van der Waals surface area contributed by atoms with Gasteiger partial charge in [-0.2, -0.15) is 0 Å². The van der Waals surface area contributed by atoms with Gasteiger partial charge in [0.2, 0.25) is 0 Å². The van der Waals surface area contributed by atoms with E-state index >= 15 is 0 Å². The molecule has 0 saturated carbocycles. The molecule has 1 aromatic heterocycles. The second-order valence-corrected chi connectivity index (χ2v) is 3.37. The molecule has 2 radical (unpaired) electrons. The van der Waals surface area contributed by atoms with Crippen molar-refractivity contribution < 1.29 is 9.47 Å². The maximum Gasteiger partial charge on any atom is 0.141 e. The molecule has 0 spiro atoms. The molecule has 0 aliphatic carbocycles. The summed E-state index contributed by atoms with van der Waals surface area (Å²) in [5.74, 6) is 0. The van der Waals surface area contributed by atoms with Gasteiger partial charge in [-0.3, -0.25) is 0 Å². The highest BCUT2D eigenvalue weighted by atomic mass is 16.5. The molecule has 0 fully saturated rings. The molecule has 82 valence electrons. The van der Waals surface area contributed by atoms with Crippen LogP contribution in [0.15, 0.2) is 18.2 Å². The SMILES string of the molecule is [B]c1ccc2c(c1)nnn2COCCOC. The Kier molecular flexibility index (Phi) is 3.53. The number of methoxy groups -OCH3 is 1. The van der Waals surface area contributed by atoms with Gasteiger partial charge in [0.25, 0.3) is 0 Å². The van der Waals surface area contributed by atoms with Crippen molar-refractivity contribution in [2.45, 2.75) is 6.73 Å². The van der Waals surface area contributed by atoms with Crippen LogP contribution in [0, 0.1) is 0 Å². The average molecular weight is 217 g/mol. The summed E-state index contributed by atoms with van der Waals surface area (Å²) in [6.45, 7) is 1.47. The minimum Gasteiger partial charge on any atom is -0.382 e. The number of fused-ring (bicyclic) bond motifs is 1. The van der Waals surface area contributed by atoms with Crippen LogP contribution in [-0.4, -0.2) is 43.2 Å². The first-order chi connectivity index (χ1) is 7.81. The maximum absolute atomic E-state index is 5.65. The third-order valence-corrected chi connectivity index (χ3v) is 2.18. The normalized spacial score (nSPS) is 11.1. The molecule has 16 heavy (non-hydrogen) atoms. The van der Waals surface area contributed by atoms with Crippen LogP contribution in [0.3, 0.4) is 0 Å². The quantitative estimate of drug-likeness (QED) is 0.516. The Morgan fingerprint density at radius 1 is 1.38 bits per heavy atom. The first-order valence-electron chi connectivity index (χ1n) is 4.96. The Labute approximate surface area is 94.7 Å². The topological polar surface area (TPSA) is 49.2 Å². The van der Waals surface area contributed by atoms with Gasteiger partial charge in [-0.05, 0) is 12.1 Å². The molecule has 0 unspecified atom stereocenters. The standard InChI is InChI=1S/C10H12BN3O2/c1-15-4-5-16-7-14-10-3-2-8(11)6-9(10)12-13-14/h2-3,6H,4-5,7H2,1H3. The zero-order valence-corrected chi connectivity index (χ0v) is 9.09. The summed E-state index contributed by atoms with van der Waals surface area (Å²) in [6.07, 6.45) is 0. The number of rotatable bonds is 5. The minimum absolute atomic E-state index is 0.365. The summed E-state index contributed by atoms with van der Waals surface area (Å²) in [7, 11) is 7.28. The minimum atomic E-state index is 0.365. The van der Waals surface area contributed by atoms with Gasteiger partial charge in [-0.1, -0.05) is 16.7 Å². The van der Waals surface area contributed by atoms with Crippen LogP contribution in [0.25, 0.3) is 11.0 Å². The third kappa shape index (κ3) is 2.40. The second-order valence-electron chi connectivity index (χ2n) is 3.37. The van der Waals surface area contributed by atoms with Crippen LogP contribution >= 0.6 is 0 Å². The lowest BCUT2D eigenvalue weighted by atomic mass is 9.96. The van der Waals surface area contributed by atoms with Crippen molar-refractivity contribution in [3.8, 4) is 0 Å². The van der Waals surface area contributed by atoms with E-state index in [4.69, 9.17) is 17.3 Å². The van der Waals surface area contributed by atoms with Crippen molar-refractivity contribution in [1.29, 1.82) is 0 Å². The maximum atomic E-state index is 5.65. The van der Waals surface area contributed by atoms with Gasteiger partial charge in [0.05, 0.1) is 18.7 Å². The highest BCUT2D eigenvalue weighted by Gasteiger charge is 2.03. The van der Waals surface area contributed by atoms with Gasteiger partial charge < -0.3 is 9.47 Å². The van der Waals surface area contributed by atoms with Crippen LogP contribution in [0.4, 0.5) is 0 Å². The molecule has 0 saturated heterocycles. The molecule has 1 aromatic carbocycles. The lowest BCUT2D eigenvalue weighted by Gasteiger charge is -2.03. The van der Waals surface area contributed by atoms with E-state index in [-0.39, 0.29) is 0 Å². The molecule has 2 rings (SSSR count). The van der Waals surface area contributed by atoms with E-state index < -0.39 is 0 Å². The lowest BCUT2D eigenvalue weighted by Crippen LogP contribution is -2.08. The Morgan fingerprint density at radius 3 is 3.06 bits per heavy atom. The van der Waals surface area contributed by atoms with E-state index in [0.717, 1.165) is 11.0 Å². The Bertz CT molecular complexity index is 472. The zero-order chi connectivity index (χ0) is 11.4. The smallest absolute Gasteiger partial charge is 0.141 e. The molecular weight excluding hydrogens is 205 g/mol. The van der Waals surface area contributed by atoms with E-state index in [9.17, 15) is 0 Å². The van der Waals surface area contributed by atoms with Crippen molar-refractivity contribution in [1.82, 2.24) is 15.0 Å². The van der Waals surface area contributed by atoms with Crippen molar-refractivity contribution in [2.24, 2.45) is 0 Å². The molecule has 0 aliphatic rings. The molecule has 5 nitrogen and oxygen atoms in total. The van der Waals surface area contributed by atoms with E-state index in [1.165, 1.54) is 0 Å². The fourth-order valence-electron chi connectivity index (χ4n) is 1.38. The molecule has 6 heteroatoms. The summed E-state index contributed by atoms with van der Waals surface area (Å²) in [4.78, 5) is 0. The van der Waals surface area contributed by atoms with Gasteiger partial charge in [-0.15, -0.1) is 5.10 Å². The first kappa shape index (κ1) is 11.1. The summed E-state index contributed by atoms with van der Waals surface area (Å²) in [5, 5.41) is 7.98. The van der Waals surface area contributed by atoms with Crippen LogP contribution in [0.5, 0.6) is 0 Å². The number of ether oxygens (including phenoxy) is 2. The molecule has 0 amide bonds. The predicted octanol–water partition coefficient (Wildman–Crippen LogP) is -0.154. The van der Waals surface area contributed by atoms with Crippen LogP contribution < -0.4 is 5.46 Å². The monoisotopic (exact) mass is 217 g/mol. The Balaban J connectivity index is 2.07. The van der Waals surface area contributed by atoms with Crippen LogP contribution in [0.2, 0.25) is 0 Å². The largest absolute Gasteiger partial charge is 0.382 e. The van der Waals surface area contributed by atoms with E-state index in [0.29, 0.717) is 25.4 Å². The van der Waals surface area contributed by atoms with E-state index in [2.05, 4.69) is 10.3 Å². The predicted molar refractivity (Wildman–Crippen MR) is 60.7 cm³/mol. The van der Waals surface area contributed by atoms with Crippen LogP contribution in [0.1, 0.15) is 0 Å². The molecule has 2 aromatic rings. The van der Waals surface area contributed by atoms with E-state index in [1.54, 1.807) is 17.9 Å². The first-order valence-corrected chi connectivity index (χ1v) is 4.96. The average Bonchev–Trinajstić information content (AvgIpc) is 2.67. The second kappa shape index (κ2) is 5.09. The Morgan fingerprint density at radius 2 is 2.25 bits per heavy atom. The van der Waals surface area contributed by atoms with Gasteiger partial charge in [0.1, 0.15) is 20.1 Å². The molecular formula is C10H12BN3O2.